The van der Waals surface area contributed by atoms with Crippen LogP contribution in [0.1, 0.15) is 23.6 Å². The molecule has 0 aliphatic carbocycles. The van der Waals surface area contributed by atoms with Gasteiger partial charge in [-0.2, -0.15) is 0 Å². The number of aryl methyl sites for hydroxylation is 1. The number of methoxy groups -OCH3 is 1. The van der Waals surface area contributed by atoms with E-state index < -0.39 is 17.7 Å². The molecule has 1 unspecified atom stereocenters. The van der Waals surface area contributed by atoms with Crippen LogP contribution in [-0.2, 0) is 16.0 Å². The third-order valence-electron chi connectivity index (χ3n) is 6.62. The molecular formula is C29H28N4O4. The molecule has 37 heavy (non-hydrogen) atoms. The molecule has 0 saturated carbocycles. The molecular weight excluding hydrogens is 468 g/mol. The number of nitrogens with zero attached hydrogens (tertiary/aromatic N) is 3. The average Bonchev–Trinajstić information content (AvgIpc) is 3.45. The molecule has 1 aliphatic heterocycles. The minimum atomic E-state index is -0.825. The first-order valence-corrected chi connectivity index (χ1v) is 12.0. The minimum absolute atomic E-state index is 0.0802. The first-order chi connectivity index (χ1) is 17.9. The first-order valence-electron chi connectivity index (χ1n) is 12.0. The maximum atomic E-state index is 13.5. The molecule has 8 heteroatoms. The van der Waals surface area contributed by atoms with Gasteiger partial charge in [-0.15, -0.1) is 0 Å². The van der Waals surface area contributed by atoms with E-state index in [1.165, 1.54) is 4.90 Å². The van der Waals surface area contributed by atoms with E-state index >= 15 is 0 Å². The number of amides is 1. The summed E-state index contributed by atoms with van der Waals surface area (Å²) in [6.45, 7) is 0. The highest BCUT2D eigenvalue weighted by Crippen LogP contribution is 2.41. The Morgan fingerprint density at radius 3 is 2.49 bits per heavy atom. The normalized spacial score (nSPS) is 15.5. The summed E-state index contributed by atoms with van der Waals surface area (Å²) in [5.74, 6) is -0.610. The fourth-order valence-corrected chi connectivity index (χ4v) is 4.63. The highest BCUT2D eigenvalue weighted by atomic mass is 16.5. The number of aromatic nitrogens is 2. The summed E-state index contributed by atoms with van der Waals surface area (Å²) in [6, 6.07) is 21.8. The molecule has 2 N–H and O–H groups in total. The quantitative estimate of drug-likeness (QED) is 0.366. The molecule has 0 radical (unpaired) electrons. The third kappa shape index (κ3) is 4.53. The van der Waals surface area contributed by atoms with E-state index in [-0.39, 0.29) is 23.7 Å². The van der Waals surface area contributed by atoms with Crippen LogP contribution >= 0.6 is 0 Å². The monoisotopic (exact) mass is 496 g/mol. The number of aromatic amines is 1. The Kier molecular flexibility index (Phi) is 6.40. The summed E-state index contributed by atoms with van der Waals surface area (Å²) in [5, 5.41) is 11.0. The molecule has 1 aliphatic rings. The number of ketones is 1. The van der Waals surface area contributed by atoms with Crippen LogP contribution in [0.4, 0.5) is 11.6 Å². The first kappa shape index (κ1) is 24.1. The predicted molar refractivity (Wildman–Crippen MR) is 143 cm³/mol. The lowest BCUT2D eigenvalue weighted by molar-refractivity contribution is -0.118. The maximum absolute atomic E-state index is 13.5. The van der Waals surface area contributed by atoms with Crippen molar-refractivity contribution in [1.82, 2.24) is 9.97 Å². The molecule has 188 valence electrons. The Hall–Kier alpha value is -4.59. The van der Waals surface area contributed by atoms with E-state index in [0.29, 0.717) is 28.8 Å². The highest BCUT2D eigenvalue weighted by Gasteiger charge is 2.45. The summed E-state index contributed by atoms with van der Waals surface area (Å²) in [5.41, 5.74) is 4.07. The molecule has 1 amide bonds. The van der Waals surface area contributed by atoms with Crippen LogP contribution in [0.15, 0.2) is 84.1 Å². The predicted octanol–water partition coefficient (Wildman–Crippen LogP) is 4.74. The number of anilines is 2. The Labute approximate surface area is 214 Å². The standard InChI is InChI=1S/C29H28N4O4/c1-32(2)20-12-10-19(11-13-20)26-25(24(34)16-9-18-7-5-4-6-8-18)27(35)28(36)33(26)29-30-22-15-14-21(37-3)17-23(22)31-29/h4-8,10-15,17,26,35H,9,16H2,1-3H3,(H,30,31). The van der Waals surface area contributed by atoms with Gasteiger partial charge in [0.2, 0.25) is 5.95 Å². The molecule has 8 nitrogen and oxygen atoms in total. The minimum Gasteiger partial charge on any atom is -0.503 e. The van der Waals surface area contributed by atoms with E-state index in [2.05, 4.69) is 9.97 Å². The zero-order valence-corrected chi connectivity index (χ0v) is 20.9. The lowest BCUT2D eigenvalue weighted by Gasteiger charge is -2.25. The maximum Gasteiger partial charge on any atom is 0.296 e. The number of nitrogens with one attached hydrogen (secondary N) is 1. The molecule has 0 spiro atoms. The van der Waals surface area contributed by atoms with E-state index in [1.54, 1.807) is 25.3 Å². The van der Waals surface area contributed by atoms with Gasteiger partial charge in [0.15, 0.2) is 11.5 Å². The SMILES string of the molecule is COc1ccc2nc(N3C(=O)C(O)=C(C(=O)CCc4ccccc4)C3c3ccc(N(C)C)cc3)[nH]c2c1. The number of fused-ring (bicyclic) bond motifs is 1. The van der Waals surface area contributed by atoms with Crippen LogP contribution in [0.25, 0.3) is 11.0 Å². The summed E-state index contributed by atoms with van der Waals surface area (Å²) in [6.07, 6.45) is 0.662. The second kappa shape index (κ2) is 9.81. The Morgan fingerprint density at radius 2 is 1.81 bits per heavy atom. The van der Waals surface area contributed by atoms with Crippen LogP contribution in [0.5, 0.6) is 5.75 Å². The van der Waals surface area contributed by atoms with Gasteiger partial charge in [0, 0.05) is 32.3 Å². The summed E-state index contributed by atoms with van der Waals surface area (Å²) in [7, 11) is 5.45. The summed E-state index contributed by atoms with van der Waals surface area (Å²) < 4.78 is 5.30. The van der Waals surface area contributed by atoms with Crippen molar-refractivity contribution in [3.05, 3.63) is 95.3 Å². The fourth-order valence-electron chi connectivity index (χ4n) is 4.63. The van der Waals surface area contributed by atoms with Crippen LogP contribution < -0.4 is 14.5 Å². The van der Waals surface area contributed by atoms with Crippen molar-refractivity contribution in [1.29, 1.82) is 0 Å². The second-order valence-electron chi connectivity index (χ2n) is 9.18. The Morgan fingerprint density at radius 1 is 1.08 bits per heavy atom. The van der Waals surface area contributed by atoms with Crippen LogP contribution in [-0.4, -0.2) is 48.0 Å². The average molecular weight is 497 g/mol. The van der Waals surface area contributed by atoms with Gasteiger partial charge in [-0.1, -0.05) is 42.5 Å². The van der Waals surface area contributed by atoms with Crippen molar-refractivity contribution in [3.8, 4) is 5.75 Å². The number of imidazole rings is 1. The molecule has 2 heterocycles. The molecule has 0 fully saturated rings. The molecule has 0 saturated heterocycles. The number of ether oxygens (including phenoxy) is 1. The molecule has 4 aromatic rings. The number of rotatable bonds is 8. The fraction of sp³-hybridized carbons (Fsp3) is 0.207. The number of H-pyrrole nitrogens is 1. The molecule has 0 bridgehead atoms. The van der Waals surface area contributed by atoms with Gasteiger partial charge >= 0.3 is 0 Å². The lowest BCUT2D eigenvalue weighted by Crippen LogP contribution is -2.32. The number of hydrogen-bond acceptors (Lipinski definition) is 6. The lowest BCUT2D eigenvalue weighted by atomic mass is 9.93. The van der Waals surface area contributed by atoms with E-state index in [1.807, 2.05) is 73.6 Å². The van der Waals surface area contributed by atoms with Crippen LogP contribution in [0.3, 0.4) is 0 Å². The van der Waals surface area contributed by atoms with Crippen molar-refractivity contribution in [2.24, 2.45) is 0 Å². The van der Waals surface area contributed by atoms with E-state index in [0.717, 1.165) is 11.3 Å². The molecule has 5 rings (SSSR count). The third-order valence-corrected chi connectivity index (χ3v) is 6.62. The topological polar surface area (TPSA) is 98.8 Å². The zero-order valence-electron chi connectivity index (χ0n) is 20.9. The summed E-state index contributed by atoms with van der Waals surface area (Å²) in [4.78, 5) is 38.0. The van der Waals surface area contributed by atoms with Gasteiger partial charge in [-0.25, -0.2) is 4.98 Å². The van der Waals surface area contributed by atoms with Crippen molar-refractivity contribution in [2.45, 2.75) is 18.9 Å². The van der Waals surface area contributed by atoms with E-state index in [4.69, 9.17) is 4.74 Å². The molecule has 1 aromatic heterocycles. The van der Waals surface area contributed by atoms with Crippen molar-refractivity contribution < 1.29 is 19.4 Å². The van der Waals surface area contributed by atoms with Gasteiger partial charge in [0.05, 0.1) is 29.8 Å². The number of benzene rings is 3. The van der Waals surface area contributed by atoms with Crippen molar-refractivity contribution in [3.63, 3.8) is 0 Å². The number of hydrogen-bond donors (Lipinski definition) is 2. The Balaban J connectivity index is 1.55. The van der Waals surface area contributed by atoms with Gasteiger partial charge in [0.25, 0.3) is 5.91 Å². The number of Topliss-reactive ketones (excluding diaryl/α,β-unsaturated/α-hetero) is 1. The van der Waals surface area contributed by atoms with Gasteiger partial charge in [-0.3, -0.25) is 14.5 Å². The number of aliphatic hydroxyl groups is 1. The number of aliphatic hydroxyl groups excluding tert-OH is 1. The van der Waals surface area contributed by atoms with Gasteiger partial charge in [-0.05, 0) is 41.8 Å². The number of carbonyl (C=O) groups excluding carboxylic acids is 2. The smallest absolute Gasteiger partial charge is 0.296 e. The summed E-state index contributed by atoms with van der Waals surface area (Å²) >= 11 is 0. The zero-order chi connectivity index (χ0) is 26.1. The largest absolute Gasteiger partial charge is 0.503 e. The van der Waals surface area contributed by atoms with E-state index in [9.17, 15) is 14.7 Å². The Bertz CT molecular complexity index is 1490. The molecule has 1 atom stereocenters. The van der Waals surface area contributed by atoms with Crippen molar-refractivity contribution >= 4 is 34.4 Å². The molecule has 3 aromatic carbocycles. The second-order valence-corrected chi connectivity index (χ2v) is 9.18. The highest BCUT2D eigenvalue weighted by molar-refractivity contribution is 6.16. The van der Waals surface area contributed by atoms with Gasteiger partial charge in [0.1, 0.15) is 5.75 Å². The number of carbonyl (C=O) groups is 2. The van der Waals surface area contributed by atoms with Crippen molar-refractivity contribution in [2.75, 3.05) is 31.0 Å². The van der Waals surface area contributed by atoms with Crippen LogP contribution in [0, 0.1) is 0 Å². The van der Waals surface area contributed by atoms with Gasteiger partial charge < -0.3 is 19.7 Å². The van der Waals surface area contributed by atoms with Crippen LogP contribution in [0.2, 0.25) is 0 Å².